The molecule has 1 fully saturated rings. The third kappa shape index (κ3) is 1.95. The molecule has 1 heterocycles. The molecule has 0 saturated carbocycles. The minimum atomic E-state index is -1.50. The average molecular weight is 250 g/mol. The van der Waals surface area contributed by atoms with Gasteiger partial charge in [0.1, 0.15) is 0 Å². The number of hydrogen-bond acceptors (Lipinski definition) is 4. The van der Waals surface area contributed by atoms with Crippen LogP contribution in [0.3, 0.4) is 0 Å². The van der Waals surface area contributed by atoms with E-state index < -0.39 is 17.4 Å². The summed E-state index contributed by atoms with van der Waals surface area (Å²) in [7, 11) is 0. The predicted octanol–water partition coefficient (Wildman–Crippen LogP) is 1.41. The monoisotopic (exact) mass is 250 g/mol. The Labute approximate surface area is 106 Å². The van der Waals surface area contributed by atoms with Crippen molar-refractivity contribution in [1.82, 2.24) is 5.01 Å². The first-order valence-electron chi connectivity index (χ1n) is 5.91. The topological polar surface area (TPSA) is 75.8 Å². The number of aryl methyl sites for hydroxylation is 1. The van der Waals surface area contributed by atoms with Crippen LogP contribution in [0.4, 0.5) is 4.79 Å². The van der Waals surface area contributed by atoms with Crippen LogP contribution >= 0.6 is 0 Å². The van der Waals surface area contributed by atoms with Gasteiger partial charge < -0.3 is 9.84 Å². The van der Waals surface area contributed by atoms with E-state index in [0.717, 1.165) is 10.6 Å². The summed E-state index contributed by atoms with van der Waals surface area (Å²) in [6, 6.07) is 9.83. The van der Waals surface area contributed by atoms with Gasteiger partial charge in [-0.25, -0.2) is 15.6 Å². The van der Waals surface area contributed by atoms with Crippen molar-refractivity contribution in [1.29, 1.82) is 0 Å². The number of carbonyl (C=O) groups is 1. The molecule has 1 aliphatic heterocycles. The van der Waals surface area contributed by atoms with E-state index in [-0.39, 0.29) is 0 Å². The van der Waals surface area contributed by atoms with Gasteiger partial charge in [0.15, 0.2) is 11.3 Å². The third-order valence-electron chi connectivity index (χ3n) is 3.71. The fraction of sp³-hybridized carbons (Fsp3) is 0.462. The first-order valence-corrected chi connectivity index (χ1v) is 5.91. The van der Waals surface area contributed by atoms with Crippen LogP contribution in [0, 0.1) is 0 Å². The fourth-order valence-electron chi connectivity index (χ4n) is 2.09. The summed E-state index contributed by atoms with van der Waals surface area (Å²) in [5.41, 5.74) is -1.38. The first kappa shape index (κ1) is 12.9. The van der Waals surface area contributed by atoms with Gasteiger partial charge in [0, 0.05) is 0 Å². The van der Waals surface area contributed by atoms with Gasteiger partial charge >= 0.3 is 6.09 Å². The summed E-state index contributed by atoms with van der Waals surface area (Å²) in [5, 5.41) is 11.0. The molecule has 0 spiro atoms. The Morgan fingerprint density at radius 3 is 2.44 bits per heavy atom. The van der Waals surface area contributed by atoms with E-state index in [1.165, 1.54) is 6.92 Å². The molecule has 5 nitrogen and oxygen atoms in total. The van der Waals surface area contributed by atoms with Crippen LogP contribution in [0.15, 0.2) is 30.3 Å². The van der Waals surface area contributed by atoms with E-state index in [1.807, 2.05) is 30.3 Å². The highest BCUT2D eigenvalue weighted by molar-refractivity contribution is 5.71. The summed E-state index contributed by atoms with van der Waals surface area (Å²) in [4.78, 5) is 11.4. The highest BCUT2D eigenvalue weighted by Gasteiger charge is 2.58. The lowest BCUT2D eigenvalue weighted by Crippen LogP contribution is -2.57. The van der Waals surface area contributed by atoms with E-state index in [2.05, 4.69) is 0 Å². The summed E-state index contributed by atoms with van der Waals surface area (Å²) in [6.07, 6.45) is 0.508. The minimum Gasteiger partial charge on any atom is -0.437 e. The average Bonchev–Trinajstić information content (AvgIpc) is 2.50. The molecule has 5 heteroatoms. The van der Waals surface area contributed by atoms with Gasteiger partial charge in [0.2, 0.25) is 0 Å². The van der Waals surface area contributed by atoms with E-state index in [4.69, 9.17) is 10.6 Å². The molecule has 1 aromatic rings. The van der Waals surface area contributed by atoms with Gasteiger partial charge in [-0.1, -0.05) is 30.3 Å². The normalized spacial score (nSPS) is 31.6. The molecule has 1 aromatic carbocycles. The molecule has 1 amide bonds. The van der Waals surface area contributed by atoms with Crippen LogP contribution in [0.25, 0.3) is 0 Å². The number of hydrazine groups is 1. The van der Waals surface area contributed by atoms with Crippen molar-refractivity contribution in [3.63, 3.8) is 0 Å². The third-order valence-corrected chi connectivity index (χ3v) is 3.71. The number of carbonyl (C=O) groups excluding carboxylic acids is 1. The maximum Gasteiger partial charge on any atom is 0.427 e. The Morgan fingerprint density at radius 2 is 1.94 bits per heavy atom. The molecule has 1 aliphatic rings. The summed E-state index contributed by atoms with van der Waals surface area (Å²) in [6.45, 7) is 3.18. The van der Waals surface area contributed by atoms with E-state index in [1.54, 1.807) is 6.92 Å². The van der Waals surface area contributed by atoms with Gasteiger partial charge in [-0.2, -0.15) is 0 Å². The maximum atomic E-state index is 11.4. The highest BCUT2D eigenvalue weighted by atomic mass is 16.6. The SMILES string of the molecule is C[C@]1(CCc2ccccc2)OC(=O)N(N)[C@@]1(C)O. The molecular weight excluding hydrogens is 232 g/mol. The van der Waals surface area contributed by atoms with Crippen molar-refractivity contribution >= 4 is 6.09 Å². The molecule has 18 heavy (non-hydrogen) atoms. The number of aliphatic hydroxyl groups is 1. The Bertz CT molecular complexity index is 447. The Kier molecular flexibility index (Phi) is 3.04. The molecule has 0 unspecified atom stereocenters. The molecule has 98 valence electrons. The zero-order valence-electron chi connectivity index (χ0n) is 10.6. The lowest BCUT2D eigenvalue weighted by Gasteiger charge is -2.35. The van der Waals surface area contributed by atoms with Crippen LogP contribution in [0.5, 0.6) is 0 Å². The van der Waals surface area contributed by atoms with E-state index in [0.29, 0.717) is 12.8 Å². The Balaban J connectivity index is 2.11. The van der Waals surface area contributed by atoms with E-state index >= 15 is 0 Å². The number of rotatable bonds is 3. The van der Waals surface area contributed by atoms with Crippen molar-refractivity contribution in [3.8, 4) is 0 Å². The molecule has 3 N–H and O–H groups in total. The molecule has 0 bridgehead atoms. The molecule has 0 aromatic heterocycles. The first-order chi connectivity index (χ1) is 8.37. The summed E-state index contributed by atoms with van der Waals surface area (Å²) < 4.78 is 5.21. The highest BCUT2D eigenvalue weighted by Crippen LogP contribution is 2.38. The van der Waals surface area contributed by atoms with Gasteiger partial charge in [-0.3, -0.25) is 0 Å². The second kappa shape index (κ2) is 4.26. The number of nitrogens with zero attached hydrogens (tertiary/aromatic N) is 1. The predicted molar refractivity (Wildman–Crippen MR) is 66.3 cm³/mol. The Morgan fingerprint density at radius 1 is 1.33 bits per heavy atom. The second-order valence-corrected chi connectivity index (χ2v) is 4.98. The zero-order valence-corrected chi connectivity index (χ0v) is 10.6. The van der Waals surface area contributed by atoms with Gasteiger partial charge in [0.05, 0.1) is 0 Å². The lowest BCUT2D eigenvalue weighted by molar-refractivity contribution is -0.139. The molecule has 0 radical (unpaired) electrons. The molecule has 0 aliphatic carbocycles. The number of amides is 1. The smallest absolute Gasteiger partial charge is 0.427 e. The number of nitrogens with two attached hydrogens (primary N) is 1. The molecule has 2 rings (SSSR count). The van der Waals surface area contributed by atoms with Gasteiger partial charge in [-0.05, 0) is 32.3 Å². The van der Waals surface area contributed by atoms with Crippen LogP contribution in [-0.4, -0.2) is 27.5 Å². The van der Waals surface area contributed by atoms with Crippen LogP contribution in [0.2, 0.25) is 0 Å². The molecule has 1 saturated heterocycles. The van der Waals surface area contributed by atoms with E-state index in [9.17, 15) is 9.90 Å². The summed E-state index contributed by atoms with van der Waals surface area (Å²) in [5.74, 6) is 5.51. The van der Waals surface area contributed by atoms with Crippen molar-refractivity contribution in [2.75, 3.05) is 0 Å². The molecule has 2 atom stereocenters. The molecular formula is C13H18N2O3. The van der Waals surface area contributed by atoms with Crippen molar-refractivity contribution in [3.05, 3.63) is 35.9 Å². The quantitative estimate of drug-likeness (QED) is 0.628. The van der Waals surface area contributed by atoms with Crippen molar-refractivity contribution < 1.29 is 14.6 Å². The largest absolute Gasteiger partial charge is 0.437 e. The van der Waals surface area contributed by atoms with Crippen LogP contribution < -0.4 is 5.84 Å². The maximum absolute atomic E-state index is 11.4. The number of hydrogen-bond donors (Lipinski definition) is 2. The van der Waals surface area contributed by atoms with Crippen LogP contribution in [0.1, 0.15) is 25.8 Å². The Hall–Kier alpha value is -1.59. The zero-order chi connectivity index (χ0) is 13.4. The van der Waals surface area contributed by atoms with Crippen molar-refractivity contribution in [2.24, 2.45) is 5.84 Å². The number of benzene rings is 1. The minimum absolute atomic E-state index is 0.503. The van der Waals surface area contributed by atoms with Crippen molar-refractivity contribution in [2.45, 2.75) is 38.0 Å². The number of ether oxygens (including phenoxy) is 1. The van der Waals surface area contributed by atoms with Crippen LogP contribution in [-0.2, 0) is 11.2 Å². The fourth-order valence-corrected chi connectivity index (χ4v) is 2.09. The lowest BCUT2D eigenvalue weighted by atomic mass is 9.88. The number of cyclic esters (lactones) is 1. The summed E-state index contributed by atoms with van der Waals surface area (Å²) >= 11 is 0. The second-order valence-electron chi connectivity index (χ2n) is 4.98. The standard InChI is InChI=1S/C13H18N2O3/c1-12(9-8-10-6-4-3-5-7-10)13(2,17)15(14)11(16)18-12/h3-7,17H,8-9,14H2,1-2H3/t12-,13+/m1/s1. The van der Waals surface area contributed by atoms with Gasteiger partial charge in [0.25, 0.3) is 0 Å². The van der Waals surface area contributed by atoms with Gasteiger partial charge in [-0.15, -0.1) is 0 Å².